The van der Waals surface area contributed by atoms with Crippen LogP contribution in [-0.4, -0.2) is 5.16 Å². The third kappa shape index (κ3) is 2.69. The molecule has 0 atom stereocenters. The fourth-order valence-electron chi connectivity index (χ4n) is 3.48. The van der Waals surface area contributed by atoms with Gasteiger partial charge in [-0.15, -0.1) is 0 Å². The molecule has 4 rings (SSSR count). The molecule has 0 spiro atoms. The van der Waals surface area contributed by atoms with Gasteiger partial charge in [-0.2, -0.15) is 0 Å². The van der Waals surface area contributed by atoms with Gasteiger partial charge in [0.05, 0.1) is 5.69 Å². The summed E-state index contributed by atoms with van der Waals surface area (Å²) < 4.78 is 39.3. The molecule has 128 valence electrons. The van der Waals surface area contributed by atoms with E-state index in [9.17, 15) is 8.78 Å². The highest BCUT2D eigenvalue weighted by atomic mass is 19.1. The molecule has 1 heterocycles. The summed E-state index contributed by atoms with van der Waals surface area (Å²) in [5, 5.41) is 3.90. The molecule has 1 aliphatic carbocycles. The van der Waals surface area contributed by atoms with Crippen LogP contribution < -0.4 is 4.74 Å². The number of ether oxygens (including phenoxy) is 1. The lowest BCUT2D eigenvalue weighted by atomic mass is 10.0. The predicted octanol–water partition coefficient (Wildman–Crippen LogP) is 5.52. The van der Waals surface area contributed by atoms with Gasteiger partial charge < -0.3 is 9.26 Å². The molecule has 1 aliphatic rings. The predicted molar refractivity (Wildman–Crippen MR) is 89.9 cm³/mol. The molecule has 0 saturated heterocycles. The topological polar surface area (TPSA) is 35.3 Å². The van der Waals surface area contributed by atoms with Crippen LogP contribution >= 0.6 is 0 Å². The minimum atomic E-state index is -0.478. The summed E-state index contributed by atoms with van der Waals surface area (Å²) in [5.74, 6) is 0.596. The van der Waals surface area contributed by atoms with E-state index in [1.165, 1.54) is 12.1 Å². The average molecular weight is 341 g/mol. The zero-order chi connectivity index (χ0) is 17.6. The summed E-state index contributed by atoms with van der Waals surface area (Å²) in [4.78, 5) is 0. The van der Waals surface area contributed by atoms with Gasteiger partial charge in [0.25, 0.3) is 0 Å². The Morgan fingerprint density at radius 1 is 0.960 bits per heavy atom. The summed E-state index contributed by atoms with van der Waals surface area (Å²) in [6, 6.07) is 7.72. The largest absolute Gasteiger partial charge is 0.454 e. The van der Waals surface area contributed by atoms with E-state index in [4.69, 9.17) is 9.26 Å². The summed E-state index contributed by atoms with van der Waals surface area (Å²) >= 11 is 0. The summed E-state index contributed by atoms with van der Waals surface area (Å²) in [6.45, 7) is 3.61. The second-order valence-electron chi connectivity index (χ2n) is 6.30. The zero-order valence-corrected chi connectivity index (χ0v) is 14.0. The highest BCUT2D eigenvalue weighted by molar-refractivity contribution is 5.68. The minimum Gasteiger partial charge on any atom is -0.454 e. The van der Waals surface area contributed by atoms with Crippen molar-refractivity contribution in [2.45, 2.75) is 33.1 Å². The van der Waals surface area contributed by atoms with Crippen LogP contribution in [0, 0.1) is 25.5 Å². The molecular formula is C20H17F2NO2. The van der Waals surface area contributed by atoms with E-state index in [1.807, 2.05) is 6.92 Å². The SMILES string of the molecule is Cc1noc(C)c1-c1ccc(Oc2ccc(F)c3c2CCC3)c(F)c1. The lowest BCUT2D eigenvalue weighted by Crippen LogP contribution is -1.96. The molecule has 0 N–H and O–H groups in total. The molecule has 3 nitrogen and oxygen atoms in total. The number of benzene rings is 2. The van der Waals surface area contributed by atoms with Crippen LogP contribution in [0.3, 0.4) is 0 Å². The Morgan fingerprint density at radius 2 is 1.72 bits per heavy atom. The molecule has 0 amide bonds. The third-order valence-electron chi connectivity index (χ3n) is 4.66. The van der Waals surface area contributed by atoms with Gasteiger partial charge in [-0.25, -0.2) is 8.78 Å². The highest BCUT2D eigenvalue weighted by Gasteiger charge is 2.21. The van der Waals surface area contributed by atoms with Gasteiger partial charge in [0, 0.05) is 11.1 Å². The van der Waals surface area contributed by atoms with Gasteiger partial charge in [-0.1, -0.05) is 11.2 Å². The molecule has 3 aromatic rings. The maximum Gasteiger partial charge on any atom is 0.166 e. The van der Waals surface area contributed by atoms with E-state index < -0.39 is 5.82 Å². The van der Waals surface area contributed by atoms with Gasteiger partial charge in [0.1, 0.15) is 17.3 Å². The first kappa shape index (κ1) is 15.8. The molecule has 0 saturated carbocycles. The number of nitrogens with zero attached hydrogens (tertiary/aromatic N) is 1. The fraction of sp³-hybridized carbons (Fsp3) is 0.250. The second kappa shape index (κ2) is 5.99. The van der Waals surface area contributed by atoms with Crippen molar-refractivity contribution in [3.8, 4) is 22.6 Å². The van der Waals surface area contributed by atoms with Crippen LogP contribution in [0.2, 0.25) is 0 Å². The van der Waals surface area contributed by atoms with Crippen molar-refractivity contribution >= 4 is 0 Å². The van der Waals surface area contributed by atoms with Crippen molar-refractivity contribution in [1.82, 2.24) is 5.16 Å². The monoisotopic (exact) mass is 341 g/mol. The molecule has 0 unspecified atom stereocenters. The number of rotatable bonds is 3. The van der Waals surface area contributed by atoms with Crippen LogP contribution in [0.5, 0.6) is 11.5 Å². The number of hydrogen-bond acceptors (Lipinski definition) is 3. The Balaban J connectivity index is 1.68. The molecule has 1 aromatic heterocycles. The first-order valence-corrected chi connectivity index (χ1v) is 8.25. The molecule has 25 heavy (non-hydrogen) atoms. The Morgan fingerprint density at radius 3 is 2.44 bits per heavy atom. The molecule has 5 heteroatoms. The maximum atomic E-state index is 14.6. The van der Waals surface area contributed by atoms with Crippen molar-refractivity contribution in [2.75, 3.05) is 0 Å². The smallest absolute Gasteiger partial charge is 0.166 e. The van der Waals surface area contributed by atoms with Crippen LogP contribution in [-0.2, 0) is 12.8 Å². The average Bonchev–Trinajstić information content (AvgIpc) is 3.20. The second-order valence-corrected chi connectivity index (χ2v) is 6.30. The Labute approximate surface area is 144 Å². The van der Waals surface area contributed by atoms with Gasteiger partial charge >= 0.3 is 0 Å². The molecular weight excluding hydrogens is 324 g/mol. The van der Waals surface area contributed by atoms with E-state index in [0.29, 0.717) is 34.8 Å². The third-order valence-corrected chi connectivity index (χ3v) is 4.66. The normalized spacial score (nSPS) is 13.1. The van der Waals surface area contributed by atoms with Crippen molar-refractivity contribution in [2.24, 2.45) is 0 Å². The van der Waals surface area contributed by atoms with E-state index in [2.05, 4.69) is 5.16 Å². The molecule has 0 bridgehead atoms. The summed E-state index contributed by atoms with van der Waals surface area (Å²) in [6.07, 6.45) is 2.34. The Hall–Kier alpha value is -2.69. The molecule has 0 radical (unpaired) electrons. The highest BCUT2D eigenvalue weighted by Crippen LogP contribution is 2.37. The number of halogens is 2. The number of fused-ring (bicyclic) bond motifs is 1. The van der Waals surface area contributed by atoms with Crippen molar-refractivity contribution in [1.29, 1.82) is 0 Å². The van der Waals surface area contributed by atoms with E-state index in [0.717, 1.165) is 24.0 Å². The summed E-state index contributed by atoms with van der Waals surface area (Å²) in [7, 11) is 0. The van der Waals surface area contributed by atoms with Crippen LogP contribution in [0.1, 0.15) is 29.0 Å². The van der Waals surface area contributed by atoms with Gasteiger partial charge in [0.15, 0.2) is 11.6 Å². The van der Waals surface area contributed by atoms with Crippen molar-refractivity contribution < 1.29 is 18.0 Å². The number of aromatic nitrogens is 1. The quantitative estimate of drug-likeness (QED) is 0.629. The first-order chi connectivity index (χ1) is 12.0. The van der Waals surface area contributed by atoms with Crippen LogP contribution in [0.25, 0.3) is 11.1 Å². The van der Waals surface area contributed by atoms with Gasteiger partial charge in [0.2, 0.25) is 0 Å². The maximum absolute atomic E-state index is 14.6. The zero-order valence-electron chi connectivity index (χ0n) is 14.0. The lowest BCUT2D eigenvalue weighted by molar-refractivity contribution is 0.393. The Bertz CT molecular complexity index is 943. The van der Waals surface area contributed by atoms with E-state index in [1.54, 1.807) is 25.1 Å². The van der Waals surface area contributed by atoms with Crippen molar-refractivity contribution in [3.05, 3.63) is 64.5 Å². The lowest BCUT2D eigenvalue weighted by Gasteiger charge is -2.12. The van der Waals surface area contributed by atoms with Gasteiger partial charge in [-0.05, 0) is 68.5 Å². The van der Waals surface area contributed by atoms with E-state index >= 15 is 0 Å². The summed E-state index contributed by atoms with van der Waals surface area (Å²) in [5.41, 5.74) is 3.71. The van der Waals surface area contributed by atoms with Gasteiger partial charge in [-0.3, -0.25) is 0 Å². The minimum absolute atomic E-state index is 0.121. The standard InChI is InChI=1S/C20H17F2NO2/c1-11-20(12(2)25-23-11)13-6-8-19(17(22)10-13)24-18-9-7-16(21)14-4-3-5-15(14)18/h6-10H,3-5H2,1-2H3. The van der Waals surface area contributed by atoms with Crippen LogP contribution in [0.15, 0.2) is 34.9 Å². The van der Waals surface area contributed by atoms with Crippen molar-refractivity contribution in [3.63, 3.8) is 0 Å². The first-order valence-electron chi connectivity index (χ1n) is 8.25. The number of aryl methyl sites for hydroxylation is 2. The molecule has 2 aromatic carbocycles. The fourth-order valence-corrected chi connectivity index (χ4v) is 3.48. The van der Waals surface area contributed by atoms with E-state index in [-0.39, 0.29) is 11.6 Å². The number of hydrogen-bond donors (Lipinski definition) is 0. The Kier molecular flexibility index (Phi) is 3.79. The molecule has 0 aliphatic heterocycles. The molecule has 0 fully saturated rings. The van der Waals surface area contributed by atoms with Crippen LogP contribution in [0.4, 0.5) is 8.78 Å².